The minimum atomic E-state index is -2.59. The minimum absolute atomic E-state index is 0.594. The van der Waals surface area contributed by atoms with Crippen LogP contribution in [-0.2, 0) is 0 Å². The molecule has 0 amide bonds. The molecule has 0 saturated heterocycles. The van der Waals surface area contributed by atoms with Crippen molar-refractivity contribution in [3.8, 4) is 0 Å². The lowest BCUT2D eigenvalue weighted by Crippen LogP contribution is -1.93. The first-order valence-corrected chi connectivity index (χ1v) is 6.25. The van der Waals surface area contributed by atoms with Crippen LogP contribution in [0.25, 0.3) is 10.8 Å². The van der Waals surface area contributed by atoms with Crippen LogP contribution in [0.4, 0.5) is 0 Å². The highest BCUT2D eigenvalue weighted by Crippen LogP contribution is 2.44. The van der Waals surface area contributed by atoms with Gasteiger partial charge in [-0.25, -0.2) is 0 Å². The van der Waals surface area contributed by atoms with Gasteiger partial charge in [0.25, 0.3) is 0 Å². The molecule has 0 aromatic heterocycles. The van der Waals surface area contributed by atoms with E-state index in [4.69, 9.17) is 0 Å². The minimum Gasteiger partial charge on any atom is -0.295 e. The average molecular weight is 208 g/mol. The molecule has 0 unspecified atom stereocenters. The van der Waals surface area contributed by atoms with Gasteiger partial charge in [0.2, 0.25) is 0 Å². The Hall–Kier alpha value is -1.03. The summed E-state index contributed by atoms with van der Waals surface area (Å²) in [5.41, 5.74) is 0. The summed E-state index contributed by atoms with van der Waals surface area (Å²) in [6, 6.07) is 13.4. The van der Waals surface area contributed by atoms with Gasteiger partial charge in [-0.1, -0.05) is 30.3 Å². The van der Waals surface area contributed by atoms with Crippen LogP contribution < -0.4 is 0 Å². The Bertz CT molecular complexity index is 460. The Kier molecular flexibility index (Phi) is 2.23. The molecule has 2 rings (SSSR count). The quantitative estimate of drug-likeness (QED) is 0.752. The first-order chi connectivity index (χ1) is 6.57. The van der Waals surface area contributed by atoms with Crippen LogP contribution >= 0.6 is 10.6 Å². The molecule has 0 atom stereocenters. The summed E-state index contributed by atoms with van der Waals surface area (Å²) in [5, 5.41) is 2.15. The monoisotopic (exact) mass is 208 g/mol. The van der Waals surface area contributed by atoms with Gasteiger partial charge in [-0.3, -0.25) is 9.11 Å². The van der Waals surface area contributed by atoms with Crippen molar-refractivity contribution >= 4 is 21.4 Å². The molecule has 0 spiro atoms. The van der Waals surface area contributed by atoms with Crippen molar-refractivity contribution < 1.29 is 9.11 Å². The maximum absolute atomic E-state index is 9.49. The van der Waals surface area contributed by atoms with E-state index in [9.17, 15) is 9.11 Å². The lowest BCUT2D eigenvalue weighted by Gasteiger charge is -2.27. The third kappa shape index (κ3) is 1.75. The van der Waals surface area contributed by atoms with Gasteiger partial charge >= 0.3 is 0 Å². The normalized spacial score (nSPS) is 13.1. The van der Waals surface area contributed by atoms with E-state index < -0.39 is 10.6 Å². The molecule has 0 bridgehead atoms. The van der Waals surface area contributed by atoms with Crippen LogP contribution in [0.15, 0.2) is 47.4 Å². The van der Waals surface area contributed by atoms with Gasteiger partial charge in [0, 0.05) is 6.26 Å². The van der Waals surface area contributed by atoms with Gasteiger partial charge < -0.3 is 0 Å². The van der Waals surface area contributed by atoms with Crippen molar-refractivity contribution in [3.05, 3.63) is 42.5 Å². The second-order valence-electron chi connectivity index (χ2n) is 3.34. The van der Waals surface area contributed by atoms with Crippen LogP contribution in [0.5, 0.6) is 0 Å². The number of hydrogen-bond donors (Lipinski definition) is 2. The highest BCUT2D eigenvalue weighted by molar-refractivity contribution is 8.23. The third-order valence-corrected chi connectivity index (χ3v) is 3.31. The van der Waals surface area contributed by atoms with E-state index in [-0.39, 0.29) is 0 Å². The zero-order valence-electron chi connectivity index (χ0n) is 7.84. The van der Waals surface area contributed by atoms with Crippen molar-refractivity contribution in [1.82, 2.24) is 0 Å². The molecule has 0 heterocycles. The van der Waals surface area contributed by atoms with E-state index in [1.807, 2.05) is 36.4 Å². The van der Waals surface area contributed by atoms with Crippen LogP contribution in [0.2, 0.25) is 0 Å². The summed E-state index contributed by atoms with van der Waals surface area (Å²) in [6.45, 7) is 0. The smallest absolute Gasteiger partial charge is 0.0587 e. The molecule has 0 aliphatic rings. The third-order valence-electron chi connectivity index (χ3n) is 2.17. The number of fused-ring (bicyclic) bond motifs is 1. The average Bonchev–Trinajstić information content (AvgIpc) is 2.16. The summed E-state index contributed by atoms with van der Waals surface area (Å²) >= 11 is 0. The first kappa shape index (κ1) is 9.52. The van der Waals surface area contributed by atoms with E-state index in [0.717, 1.165) is 10.8 Å². The fourth-order valence-corrected chi connectivity index (χ4v) is 2.08. The van der Waals surface area contributed by atoms with E-state index in [1.54, 1.807) is 6.07 Å². The molecule has 74 valence electrons. The molecular weight excluding hydrogens is 196 g/mol. The standard InChI is InChI=1S/C11H12O2S/c1-14(12,13)11-7-6-9-4-2-3-5-10(9)8-11/h2-8,12-13H,1H3. The Balaban J connectivity index is 2.63. The van der Waals surface area contributed by atoms with Gasteiger partial charge in [0.05, 0.1) is 4.90 Å². The van der Waals surface area contributed by atoms with Crippen molar-refractivity contribution in [2.24, 2.45) is 0 Å². The van der Waals surface area contributed by atoms with Gasteiger partial charge in [0.15, 0.2) is 0 Å². The number of hydrogen-bond acceptors (Lipinski definition) is 2. The zero-order chi connectivity index (χ0) is 10.2. The molecular formula is C11H12O2S. The lowest BCUT2D eigenvalue weighted by atomic mass is 10.1. The highest BCUT2D eigenvalue weighted by atomic mass is 32.3. The number of benzene rings is 2. The largest absolute Gasteiger partial charge is 0.295 e. The van der Waals surface area contributed by atoms with Gasteiger partial charge in [-0.15, -0.1) is 0 Å². The molecule has 2 nitrogen and oxygen atoms in total. The van der Waals surface area contributed by atoms with Crippen molar-refractivity contribution in [1.29, 1.82) is 0 Å². The molecule has 3 heteroatoms. The summed E-state index contributed by atoms with van der Waals surface area (Å²) in [5.74, 6) is 0. The van der Waals surface area contributed by atoms with Crippen molar-refractivity contribution in [3.63, 3.8) is 0 Å². The second-order valence-corrected chi connectivity index (χ2v) is 5.48. The maximum Gasteiger partial charge on any atom is 0.0587 e. The SMILES string of the molecule is CS(O)(O)c1ccc2ccccc2c1. The predicted molar refractivity (Wildman–Crippen MR) is 61.0 cm³/mol. The molecule has 0 aliphatic carbocycles. The molecule has 2 aromatic rings. The van der Waals surface area contributed by atoms with E-state index in [0.29, 0.717) is 4.90 Å². The fourth-order valence-electron chi connectivity index (χ4n) is 1.41. The Morgan fingerprint density at radius 2 is 1.57 bits per heavy atom. The van der Waals surface area contributed by atoms with Crippen molar-refractivity contribution in [2.45, 2.75) is 4.90 Å². The Morgan fingerprint density at radius 1 is 0.929 bits per heavy atom. The topological polar surface area (TPSA) is 40.5 Å². The predicted octanol–water partition coefficient (Wildman–Crippen LogP) is 3.58. The molecule has 14 heavy (non-hydrogen) atoms. The zero-order valence-corrected chi connectivity index (χ0v) is 8.66. The maximum atomic E-state index is 9.49. The molecule has 0 aliphatic heterocycles. The van der Waals surface area contributed by atoms with Gasteiger partial charge in [-0.2, -0.15) is 10.6 Å². The van der Waals surface area contributed by atoms with Crippen LogP contribution in [0.3, 0.4) is 0 Å². The molecule has 2 aromatic carbocycles. The highest BCUT2D eigenvalue weighted by Gasteiger charge is 2.08. The van der Waals surface area contributed by atoms with Crippen LogP contribution in [0, 0.1) is 0 Å². The van der Waals surface area contributed by atoms with Crippen LogP contribution in [-0.4, -0.2) is 15.4 Å². The molecule has 2 N–H and O–H groups in total. The summed E-state index contributed by atoms with van der Waals surface area (Å²) < 4.78 is 19.0. The van der Waals surface area contributed by atoms with Gasteiger partial charge in [0.1, 0.15) is 0 Å². The molecule has 0 fully saturated rings. The summed E-state index contributed by atoms with van der Waals surface area (Å²) in [4.78, 5) is 0.594. The Labute approximate surface area is 84.5 Å². The summed E-state index contributed by atoms with van der Waals surface area (Å²) in [6.07, 6.45) is 1.44. The van der Waals surface area contributed by atoms with E-state index in [1.165, 1.54) is 6.26 Å². The van der Waals surface area contributed by atoms with Crippen LogP contribution in [0.1, 0.15) is 0 Å². The molecule has 0 saturated carbocycles. The fraction of sp³-hybridized carbons (Fsp3) is 0.0909. The number of rotatable bonds is 1. The van der Waals surface area contributed by atoms with E-state index in [2.05, 4.69) is 0 Å². The van der Waals surface area contributed by atoms with Crippen molar-refractivity contribution in [2.75, 3.05) is 6.26 Å². The first-order valence-electron chi connectivity index (χ1n) is 4.29. The second kappa shape index (κ2) is 3.28. The summed E-state index contributed by atoms with van der Waals surface area (Å²) in [7, 11) is -2.59. The Morgan fingerprint density at radius 3 is 2.21 bits per heavy atom. The van der Waals surface area contributed by atoms with Gasteiger partial charge in [-0.05, 0) is 22.9 Å². The lowest BCUT2D eigenvalue weighted by molar-refractivity contribution is 0.495. The molecule has 0 radical (unpaired) electrons. The van der Waals surface area contributed by atoms with E-state index >= 15 is 0 Å².